The summed E-state index contributed by atoms with van der Waals surface area (Å²) in [6.45, 7) is -1.34. The van der Waals surface area contributed by atoms with Crippen LogP contribution in [0.25, 0.3) is 0 Å². The Labute approximate surface area is 141 Å². The number of primary sulfonamides is 1. The van der Waals surface area contributed by atoms with Gasteiger partial charge in [-0.25, -0.2) is 13.6 Å². The quantitative estimate of drug-likeness (QED) is 0.802. The molecule has 3 N–H and O–H groups in total. The van der Waals surface area contributed by atoms with E-state index in [2.05, 4.69) is 0 Å². The van der Waals surface area contributed by atoms with Crippen LogP contribution >= 0.6 is 0 Å². The third-order valence-corrected chi connectivity index (χ3v) is 4.62. The van der Waals surface area contributed by atoms with Gasteiger partial charge in [-0.05, 0) is 17.7 Å². The second kappa shape index (κ2) is 6.64. The molecule has 1 aliphatic heterocycles. The Morgan fingerprint density at radius 3 is 2.40 bits per heavy atom. The van der Waals surface area contributed by atoms with Crippen LogP contribution in [0.3, 0.4) is 0 Å². The van der Waals surface area contributed by atoms with Gasteiger partial charge < -0.3 is 10.0 Å². The van der Waals surface area contributed by atoms with Crippen LogP contribution in [0, 0.1) is 11.8 Å². The smallest absolute Gasteiger partial charge is 0.394 e. The van der Waals surface area contributed by atoms with E-state index in [4.69, 9.17) is 10.2 Å². The third-order valence-electron chi connectivity index (χ3n) is 3.89. The highest BCUT2D eigenvalue weighted by Crippen LogP contribution is 2.38. The van der Waals surface area contributed by atoms with Crippen LogP contribution in [0.2, 0.25) is 0 Å². The number of carbonyl (C=O) groups excluding carboxylic acids is 1. The molecule has 7 nitrogen and oxygen atoms in total. The first kappa shape index (κ1) is 19.2. The van der Waals surface area contributed by atoms with Crippen molar-refractivity contribution in [2.45, 2.75) is 11.9 Å². The van der Waals surface area contributed by atoms with E-state index >= 15 is 0 Å². The second-order valence-corrected chi connectivity index (χ2v) is 7.42. The number of hydrogen-bond donors (Lipinski definition) is 2. The molecule has 11 heteroatoms. The van der Waals surface area contributed by atoms with Crippen LogP contribution in [-0.2, 0) is 20.6 Å². The van der Waals surface area contributed by atoms with Crippen molar-refractivity contribution in [3.8, 4) is 0 Å². The van der Waals surface area contributed by atoms with E-state index in [9.17, 15) is 31.2 Å². The number of halogens is 3. The molecule has 1 fully saturated rings. The van der Waals surface area contributed by atoms with Gasteiger partial charge in [0.2, 0.25) is 10.0 Å². The fourth-order valence-electron chi connectivity index (χ4n) is 2.76. The lowest BCUT2D eigenvalue weighted by Gasteiger charge is -2.18. The van der Waals surface area contributed by atoms with Gasteiger partial charge in [-0.1, -0.05) is 12.1 Å². The van der Waals surface area contributed by atoms with Crippen molar-refractivity contribution in [1.82, 2.24) is 4.90 Å². The number of benzene rings is 1. The number of alkyl halides is 3. The Balaban J connectivity index is 2.24. The molecule has 2 rings (SSSR count). The van der Waals surface area contributed by atoms with Gasteiger partial charge in [-0.2, -0.15) is 13.2 Å². The fourth-order valence-corrected chi connectivity index (χ4v) is 3.40. The fraction of sp³-hybridized carbons (Fsp3) is 0.429. The van der Waals surface area contributed by atoms with Crippen molar-refractivity contribution < 1.29 is 36.3 Å². The van der Waals surface area contributed by atoms with Crippen molar-refractivity contribution in [2.24, 2.45) is 17.0 Å². The molecule has 2 atom stereocenters. The number of amides is 1. The Hall–Kier alpha value is -2.14. The Morgan fingerprint density at radius 1 is 1.28 bits per heavy atom. The number of carbonyl (C=O) groups is 2. The number of nitrogens with zero attached hydrogens (tertiary/aromatic N) is 1. The highest BCUT2D eigenvalue weighted by molar-refractivity contribution is 7.88. The molecule has 25 heavy (non-hydrogen) atoms. The van der Waals surface area contributed by atoms with Crippen molar-refractivity contribution in [2.75, 3.05) is 13.1 Å². The standard InChI is InChI=1S/C14H15F3N2O5S/c15-14(16,17)11-6-19(5-10(11)13(21)22)12(20)9-3-1-2-8(4-9)7-25(18,23)24/h1-4,10-11H,5-7H2,(H,21,22)(H2,18,23,24)/t10-,11-/m1/s1. The van der Waals surface area contributed by atoms with E-state index < -0.39 is 58.8 Å². The number of aliphatic carboxylic acids is 1. The highest BCUT2D eigenvalue weighted by atomic mass is 32.2. The maximum absolute atomic E-state index is 13.0. The number of hydrogen-bond acceptors (Lipinski definition) is 4. The number of nitrogens with two attached hydrogens (primary N) is 1. The first-order valence-electron chi connectivity index (χ1n) is 7.06. The first-order valence-corrected chi connectivity index (χ1v) is 8.78. The van der Waals surface area contributed by atoms with Gasteiger partial charge in [-0.15, -0.1) is 0 Å². The maximum Gasteiger partial charge on any atom is 0.394 e. The summed E-state index contributed by atoms with van der Waals surface area (Å²) in [5.41, 5.74) is 0.169. The summed E-state index contributed by atoms with van der Waals surface area (Å²) in [6, 6.07) is 5.30. The maximum atomic E-state index is 13.0. The average Bonchev–Trinajstić information content (AvgIpc) is 2.90. The monoisotopic (exact) mass is 380 g/mol. The molecule has 1 amide bonds. The second-order valence-electron chi connectivity index (χ2n) is 5.81. The number of rotatable bonds is 4. The van der Waals surface area contributed by atoms with Gasteiger partial charge >= 0.3 is 12.1 Å². The van der Waals surface area contributed by atoms with Crippen molar-refractivity contribution in [3.05, 3.63) is 35.4 Å². The SMILES string of the molecule is NS(=O)(=O)Cc1cccc(C(=O)N2C[C@@H](C(F)(F)F)[C@H](C(=O)O)C2)c1. The molecule has 1 heterocycles. The minimum atomic E-state index is -4.74. The Morgan fingerprint density at radius 2 is 1.92 bits per heavy atom. The first-order chi connectivity index (χ1) is 11.4. The van der Waals surface area contributed by atoms with Crippen LogP contribution in [0.1, 0.15) is 15.9 Å². The molecule has 1 saturated heterocycles. The summed E-state index contributed by atoms with van der Waals surface area (Å²) in [6.07, 6.45) is -4.74. The van der Waals surface area contributed by atoms with Gasteiger partial charge in [0.25, 0.3) is 5.91 Å². The summed E-state index contributed by atoms with van der Waals surface area (Å²) in [4.78, 5) is 24.3. The molecule has 0 unspecified atom stereocenters. The predicted octanol–water partition coefficient (Wildman–Crippen LogP) is 0.810. The van der Waals surface area contributed by atoms with E-state index in [0.29, 0.717) is 0 Å². The molecule has 1 aromatic carbocycles. The van der Waals surface area contributed by atoms with E-state index in [-0.39, 0.29) is 11.1 Å². The molecule has 0 aliphatic carbocycles. The summed E-state index contributed by atoms with van der Waals surface area (Å²) < 4.78 is 61.1. The van der Waals surface area contributed by atoms with Gasteiger partial charge in [0, 0.05) is 18.7 Å². The molecule has 1 aromatic rings. The third kappa shape index (κ3) is 4.69. The van der Waals surface area contributed by atoms with E-state index in [1.54, 1.807) is 0 Å². The van der Waals surface area contributed by atoms with Gasteiger partial charge in [0.1, 0.15) is 0 Å². The summed E-state index contributed by atoms with van der Waals surface area (Å²) in [7, 11) is -3.84. The molecule has 0 saturated carbocycles. The average molecular weight is 380 g/mol. The number of sulfonamides is 1. The zero-order chi connectivity index (χ0) is 19.0. The molecular weight excluding hydrogens is 365 g/mol. The van der Waals surface area contributed by atoms with Crippen LogP contribution in [-0.4, -0.2) is 49.6 Å². The molecular formula is C14H15F3N2O5S. The molecule has 0 aromatic heterocycles. The van der Waals surface area contributed by atoms with Crippen molar-refractivity contribution in [1.29, 1.82) is 0 Å². The summed E-state index contributed by atoms with van der Waals surface area (Å²) in [5, 5.41) is 13.9. The largest absolute Gasteiger partial charge is 0.481 e. The summed E-state index contributed by atoms with van der Waals surface area (Å²) >= 11 is 0. The van der Waals surface area contributed by atoms with Crippen LogP contribution < -0.4 is 5.14 Å². The topological polar surface area (TPSA) is 118 Å². The van der Waals surface area contributed by atoms with E-state index in [1.165, 1.54) is 24.3 Å². The van der Waals surface area contributed by atoms with Crippen LogP contribution in [0.15, 0.2) is 24.3 Å². The lowest BCUT2D eigenvalue weighted by molar-refractivity contribution is -0.187. The number of carboxylic acids is 1. The van der Waals surface area contributed by atoms with Crippen molar-refractivity contribution >= 4 is 21.9 Å². The molecule has 0 bridgehead atoms. The normalized spacial score (nSPS) is 21.4. The van der Waals surface area contributed by atoms with E-state index in [1.807, 2.05) is 0 Å². The minimum absolute atomic E-state index is 0.0342. The zero-order valence-corrected chi connectivity index (χ0v) is 13.5. The van der Waals surface area contributed by atoms with Gasteiger partial charge in [-0.3, -0.25) is 9.59 Å². The Bertz CT molecular complexity index is 794. The highest BCUT2D eigenvalue weighted by Gasteiger charge is 2.53. The number of carboxylic acid groups (broad SMARTS) is 1. The van der Waals surface area contributed by atoms with Crippen LogP contribution in [0.5, 0.6) is 0 Å². The predicted molar refractivity (Wildman–Crippen MR) is 79.8 cm³/mol. The lowest BCUT2D eigenvalue weighted by atomic mass is 9.96. The van der Waals surface area contributed by atoms with Crippen LogP contribution in [0.4, 0.5) is 13.2 Å². The minimum Gasteiger partial charge on any atom is -0.481 e. The van der Waals surface area contributed by atoms with E-state index in [0.717, 1.165) is 4.90 Å². The zero-order valence-electron chi connectivity index (χ0n) is 12.7. The summed E-state index contributed by atoms with van der Waals surface area (Å²) in [5.74, 6) is -6.84. The van der Waals surface area contributed by atoms with Gasteiger partial charge in [0.15, 0.2) is 0 Å². The molecule has 0 radical (unpaired) electrons. The molecule has 1 aliphatic rings. The lowest BCUT2D eigenvalue weighted by Crippen LogP contribution is -2.34. The van der Waals surface area contributed by atoms with Gasteiger partial charge in [0.05, 0.1) is 17.6 Å². The number of likely N-dealkylation sites (tertiary alicyclic amines) is 1. The molecule has 138 valence electrons. The van der Waals surface area contributed by atoms with Crippen molar-refractivity contribution in [3.63, 3.8) is 0 Å². The molecule has 0 spiro atoms. The Kier molecular flexibility index (Phi) is 5.09.